The summed E-state index contributed by atoms with van der Waals surface area (Å²) < 4.78 is 33.0. The highest BCUT2D eigenvalue weighted by Gasteiger charge is 2.32. The van der Waals surface area contributed by atoms with Crippen LogP contribution in [-0.2, 0) is 26.9 Å². The van der Waals surface area contributed by atoms with Gasteiger partial charge in [-0.25, -0.2) is 8.42 Å². The van der Waals surface area contributed by atoms with Crippen LogP contribution in [-0.4, -0.2) is 38.5 Å². The van der Waals surface area contributed by atoms with Crippen molar-refractivity contribution in [2.45, 2.75) is 25.1 Å². The average molecular weight is 345 g/mol. The molecule has 0 radical (unpaired) electrons. The molecule has 0 spiro atoms. The number of aryl methyl sites for hydroxylation is 1. The Balaban J connectivity index is 1.78. The average Bonchev–Trinajstić information content (AvgIpc) is 2.56. The highest BCUT2D eigenvalue weighted by Crippen LogP contribution is 2.20. The summed E-state index contributed by atoms with van der Waals surface area (Å²) in [6.07, 6.45) is 0.674. The second-order valence-corrected chi connectivity index (χ2v) is 8.20. The van der Waals surface area contributed by atoms with Crippen molar-refractivity contribution in [2.24, 2.45) is 0 Å². The van der Waals surface area contributed by atoms with Crippen molar-refractivity contribution in [3.63, 3.8) is 0 Å². The third-order valence-electron chi connectivity index (χ3n) is 4.28. The van der Waals surface area contributed by atoms with E-state index in [-0.39, 0.29) is 11.8 Å². The minimum absolute atomic E-state index is 0.0416. The summed E-state index contributed by atoms with van der Waals surface area (Å²) in [6.45, 7) is 3.30. The molecular formula is C19H23NO3S. The van der Waals surface area contributed by atoms with Crippen LogP contribution in [0.2, 0.25) is 0 Å². The molecule has 1 saturated heterocycles. The quantitative estimate of drug-likeness (QED) is 0.837. The minimum Gasteiger partial charge on any atom is -0.378 e. The Morgan fingerprint density at radius 3 is 2.58 bits per heavy atom. The van der Waals surface area contributed by atoms with Crippen LogP contribution in [0.3, 0.4) is 0 Å². The number of rotatable bonds is 5. The van der Waals surface area contributed by atoms with Gasteiger partial charge in [-0.3, -0.25) is 0 Å². The molecule has 5 heteroatoms. The number of morpholine rings is 1. The lowest BCUT2D eigenvalue weighted by molar-refractivity contribution is 0.0327. The molecule has 0 saturated carbocycles. The zero-order valence-electron chi connectivity index (χ0n) is 13.9. The van der Waals surface area contributed by atoms with Crippen LogP contribution in [0.15, 0.2) is 54.6 Å². The SMILES string of the molecule is Cc1cccc(CS(=O)(=O)N2CCOCC2Cc2ccccc2)c1. The van der Waals surface area contributed by atoms with Gasteiger partial charge in [-0.2, -0.15) is 4.31 Å². The number of hydrogen-bond donors (Lipinski definition) is 0. The molecule has 1 fully saturated rings. The van der Waals surface area contributed by atoms with Gasteiger partial charge >= 0.3 is 0 Å². The molecule has 24 heavy (non-hydrogen) atoms. The summed E-state index contributed by atoms with van der Waals surface area (Å²) in [5.41, 5.74) is 3.04. The highest BCUT2D eigenvalue weighted by molar-refractivity contribution is 7.88. The Labute approximate surface area is 144 Å². The lowest BCUT2D eigenvalue weighted by Gasteiger charge is -2.34. The van der Waals surface area contributed by atoms with E-state index in [9.17, 15) is 8.42 Å². The fraction of sp³-hybridized carbons (Fsp3) is 0.368. The van der Waals surface area contributed by atoms with E-state index in [1.54, 1.807) is 4.31 Å². The number of hydrogen-bond acceptors (Lipinski definition) is 3. The number of benzene rings is 2. The van der Waals surface area contributed by atoms with E-state index in [1.165, 1.54) is 0 Å². The molecule has 3 rings (SSSR count). The lowest BCUT2D eigenvalue weighted by atomic mass is 10.1. The first-order valence-electron chi connectivity index (χ1n) is 8.21. The minimum atomic E-state index is -3.37. The summed E-state index contributed by atoms with van der Waals surface area (Å²) in [7, 11) is -3.37. The van der Waals surface area contributed by atoms with Gasteiger partial charge in [0.05, 0.1) is 25.0 Å². The van der Waals surface area contributed by atoms with Gasteiger partial charge in [0.25, 0.3) is 0 Å². The molecule has 1 atom stereocenters. The third kappa shape index (κ3) is 4.23. The van der Waals surface area contributed by atoms with Gasteiger partial charge in [0.2, 0.25) is 10.0 Å². The first-order chi connectivity index (χ1) is 11.5. The van der Waals surface area contributed by atoms with E-state index in [2.05, 4.69) is 0 Å². The fourth-order valence-electron chi connectivity index (χ4n) is 3.15. The molecule has 1 unspecified atom stereocenters. The van der Waals surface area contributed by atoms with Gasteiger partial charge in [-0.15, -0.1) is 0 Å². The maximum absolute atomic E-state index is 12.9. The molecule has 2 aromatic rings. The standard InChI is InChI=1S/C19H23NO3S/c1-16-6-5-9-18(12-16)15-24(21,22)20-10-11-23-14-19(20)13-17-7-3-2-4-8-17/h2-9,12,19H,10-11,13-15H2,1H3. The maximum atomic E-state index is 12.9. The van der Waals surface area contributed by atoms with Gasteiger partial charge in [-0.05, 0) is 24.5 Å². The molecule has 0 aromatic heterocycles. The first-order valence-corrected chi connectivity index (χ1v) is 9.82. The molecule has 0 aliphatic carbocycles. The normalized spacial score (nSPS) is 19.3. The number of ether oxygens (including phenoxy) is 1. The highest BCUT2D eigenvalue weighted by atomic mass is 32.2. The van der Waals surface area contributed by atoms with Crippen molar-refractivity contribution in [1.82, 2.24) is 4.31 Å². The Morgan fingerprint density at radius 1 is 1.08 bits per heavy atom. The lowest BCUT2D eigenvalue weighted by Crippen LogP contribution is -2.50. The summed E-state index contributed by atoms with van der Waals surface area (Å²) in [4.78, 5) is 0. The van der Waals surface area contributed by atoms with E-state index >= 15 is 0 Å². The molecule has 1 heterocycles. The van der Waals surface area contributed by atoms with Crippen LogP contribution in [0.1, 0.15) is 16.7 Å². The molecule has 0 bridgehead atoms. The van der Waals surface area contributed by atoms with Crippen LogP contribution in [0.4, 0.5) is 0 Å². The molecule has 128 valence electrons. The summed E-state index contributed by atoms with van der Waals surface area (Å²) in [6, 6.07) is 17.5. The van der Waals surface area contributed by atoms with Crippen LogP contribution >= 0.6 is 0 Å². The van der Waals surface area contributed by atoms with Gasteiger partial charge in [0.15, 0.2) is 0 Å². The summed E-state index contributed by atoms with van der Waals surface area (Å²) in [5.74, 6) is 0.0416. The van der Waals surface area contributed by atoms with Gasteiger partial charge in [0.1, 0.15) is 0 Å². The van der Waals surface area contributed by atoms with Crippen molar-refractivity contribution in [1.29, 1.82) is 0 Å². The first kappa shape index (κ1) is 17.1. The molecule has 0 amide bonds. The second-order valence-electron chi connectivity index (χ2n) is 6.27. The molecular weight excluding hydrogens is 322 g/mol. The van der Waals surface area contributed by atoms with Crippen molar-refractivity contribution in [3.8, 4) is 0 Å². The zero-order valence-corrected chi connectivity index (χ0v) is 14.7. The van der Waals surface area contributed by atoms with Crippen LogP contribution in [0.5, 0.6) is 0 Å². The van der Waals surface area contributed by atoms with E-state index in [0.29, 0.717) is 26.2 Å². The molecule has 2 aromatic carbocycles. The van der Waals surface area contributed by atoms with Gasteiger partial charge in [-0.1, -0.05) is 60.2 Å². The van der Waals surface area contributed by atoms with Crippen molar-refractivity contribution in [2.75, 3.05) is 19.8 Å². The Kier molecular flexibility index (Phi) is 5.33. The number of sulfonamides is 1. The zero-order chi connectivity index (χ0) is 17.0. The van der Waals surface area contributed by atoms with E-state index in [1.807, 2.05) is 61.5 Å². The predicted octanol–water partition coefficient (Wildman–Crippen LogP) is 2.77. The van der Waals surface area contributed by atoms with Crippen LogP contribution in [0.25, 0.3) is 0 Å². The largest absolute Gasteiger partial charge is 0.378 e. The molecule has 0 N–H and O–H groups in total. The predicted molar refractivity (Wildman–Crippen MR) is 95.3 cm³/mol. The van der Waals surface area contributed by atoms with Crippen molar-refractivity contribution >= 4 is 10.0 Å². The number of nitrogens with zero attached hydrogens (tertiary/aromatic N) is 1. The molecule has 4 nitrogen and oxygen atoms in total. The molecule has 1 aliphatic heterocycles. The second kappa shape index (κ2) is 7.47. The smallest absolute Gasteiger partial charge is 0.218 e. The van der Waals surface area contributed by atoms with E-state index < -0.39 is 10.0 Å². The monoisotopic (exact) mass is 345 g/mol. The Hall–Kier alpha value is -1.69. The molecule has 1 aliphatic rings. The van der Waals surface area contributed by atoms with E-state index in [0.717, 1.165) is 16.7 Å². The van der Waals surface area contributed by atoms with Gasteiger partial charge in [0, 0.05) is 6.54 Å². The van der Waals surface area contributed by atoms with Crippen LogP contribution < -0.4 is 0 Å². The third-order valence-corrected chi connectivity index (χ3v) is 6.17. The van der Waals surface area contributed by atoms with Crippen molar-refractivity contribution < 1.29 is 13.2 Å². The maximum Gasteiger partial charge on any atom is 0.218 e. The Bertz CT molecular complexity index is 774. The summed E-state index contributed by atoms with van der Waals surface area (Å²) in [5, 5.41) is 0. The Morgan fingerprint density at radius 2 is 1.83 bits per heavy atom. The van der Waals surface area contributed by atoms with Crippen molar-refractivity contribution in [3.05, 3.63) is 71.3 Å². The fourth-order valence-corrected chi connectivity index (χ4v) is 4.86. The van der Waals surface area contributed by atoms with E-state index in [4.69, 9.17) is 4.74 Å². The topological polar surface area (TPSA) is 46.6 Å². The summed E-state index contributed by atoms with van der Waals surface area (Å²) >= 11 is 0. The van der Waals surface area contributed by atoms with Gasteiger partial charge < -0.3 is 4.74 Å². The van der Waals surface area contributed by atoms with Crippen LogP contribution in [0, 0.1) is 6.92 Å².